The highest BCUT2D eigenvalue weighted by Crippen LogP contribution is 2.42. The topological polar surface area (TPSA) is 13.0 Å². The van der Waals surface area contributed by atoms with Gasteiger partial charge in [0.25, 0.3) is 0 Å². The maximum absolute atomic E-state index is 2.85. The third kappa shape index (κ3) is 4.63. The summed E-state index contributed by atoms with van der Waals surface area (Å²) in [6.07, 6.45) is 6.50. The van der Waals surface area contributed by atoms with E-state index in [1.54, 1.807) is 0 Å². The zero-order chi connectivity index (χ0) is 22.5. The summed E-state index contributed by atoms with van der Waals surface area (Å²) in [5.74, 6) is 0. The van der Waals surface area contributed by atoms with Crippen molar-refractivity contribution in [2.75, 3.05) is 32.8 Å². The molecule has 3 aliphatic rings. The molecule has 0 spiro atoms. The van der Waals surface area contributed by atoms with E-state index in [-0.39, 0.29) is 22.2 Å². The summed E-state index contributed by atoms with van der Waals surface area (Å²) < 4.78 is 0. The number of hydrogen-bond acceptors (Lipinski definition) is 4. The summed E-state index contributed by atoms with van der Waals surface area (Å²) in [6, 6.07) is 1.41. The Kier molecular flexibility index (Phi) is 6.79. The minimum absolute atomic E-state index is 0.278. The summed E-state index contributed by atoms with van der Waals surface area (Å²) >= 11 is 0. The SMILES string of the molecule is CCN1C(C)(C)CC(N2CCCN(C3CC(C)(C)N(CC)C(C)(C)C3)C2)CC1(C)C. The van der Waals surface area contributed by atoms with E-state index in [0.29, 0.717) is 12.1 Å². The number of nitrogens with zero attached hydrogens (tertiary/aromatic N) is 4. The average Bonchev–Trinajstić information content (AvgIpc) is 2.58. The van der Waals surface area contributed by atoms with E-state index in [4.69, 9.17) is 0 Å². The molecule has 4 nitrogen and oxygen atoms in total. The second-order valence-corrected chi connectivity index (χ2v) is 13.0. The van der Waals surface area contributed by atoms with Crippen LogP contribution < -0.4 is 0 Å². The highest BCUT2D eigenvalue weighted by atomic mass is 15.4. The van der Waals surface area contributed by atoms with Gasteiger partial charge in [-0.25, -0.2) is 0 Å². The van der Waals surface area contributed by atoms with Crippen molar-refractivity contribution in [2.24, 2.45) is 0 Å². The van der Waals surface area contributed by atoms with Crippen LogP contribution in [0.15, 0.2) is 0 Å². The Hall–Kier alpha value is -0.160. The van der Waals surface area contributed by atoms with E-state index in [1.807, 2.05) is 0 Å². The predicted molar refractivity (Wildman–Crippen MR) is 130 cm³/mol. The number of rotatable bonds is 4. The number of piperidine rings is 2. The first kappa shape index (κ1) is 24.5. The van der Waals surface area contributed by atoms with Gasteiger partial charge in [-0.1, -0.05) is 13.8 Å². The first-order chi connectivity index (χ1) is 13.7. The van der Waals surface area contributed by atoms with Gasteiger partial charge in [-0.3, -0.25) is 19.6 Å². The Morgan fingerprint density at radius 2 is 0.867 bits per heavy atom. The second kappa shape index (κ2) is 8.32. The van der Waals surface area contributed by atoms with Crippen LogP contribution in [0.3, 0.4) is 0 Å². The molecular formula is C26H52N4. The van der Waals surface area contributed by atoms with E-state index < -0.39 is 0 Å². The molecule has 3 rings (SSSR count). The molecule has 0 bridgehead atoms. The fraction of sp³-hybridized carbons (Fsp3) is 1.00. The largest absolute Gasteiger partial charge is 0.293 e. The van der Waals surface area contributed by atoms with Gasteiger partial charge in [-0.2, -0.15) is 0 Å². The molecule has 176 valence electrons. The van der Waals surface area contributed by atoms with Crippen molar-refractivity contribution < 1.29 is 0 Å². The normalized spacial score (nSPS) is 31.8. The van der Waals surface area contributed by atoms with Gasteiger partial charge in [0.15, 0.2) is 0 Å². The summed E-state index contributed by atoms with van der Waals surface area (Å²) in [5.41, 5.74) is 1.11. The maximum Gasteiger partial charge on any atom is 0.0511 e. The lowest BCUT2D eigenvalue weighted by Gasteiger charge is -2.59. The summed E-state index contributed by atoms with van der Waals surface area (Å²) in [6.45, 7) is 30.5. The lowest BCUT2D eigenvalue weighted by Crippen LogP contribution is -2.67. The van der Waals surface area contributed by atoms with Crippen molar-refractivity contribution in [1.29, 1.82) is 0 Å². The molecule has 4 heteroatoms. The Morgan fingerprint density at radius 1 is 0.567 bits per heavy atom. The van der Waals surface area contributed by atoms with Crippen LogP contribution in [0, 0.1) is 0 Å². The Labute approximate surface area is 188 Å². The molecule has 3 saturated heterocycles. The van der Waals surface area contributed by atoms with Gasteiger partial charge in [0, 0.05) is 47.3 Å². The van der Waals surface area contributed by atoms with Gasteiger partial charge >= 0.3 is 0 Å². The highest BCUT2D eigenvalue weighted by Gasteiger charge is 2.49. The molecule has 3 aliphatic heterocycles. The van der Waals surface area contributed by atoms with Crippen molar-refractivity contribution in [3.63, 3.8) is 0 Å². The van der Waals surface area contributed by atoms with Crippen LogP contribution in [0.2, 0.25) is 0 Å². The van der Waals surface area contributed by atoms with Crippen molar-refractivity contribution >= 4 is 0 Å². The van der Waals surface area contributed by atoms with Crippen molar-refractivity contribution in [3.8, 4) is 0 Å². The third-order valence-electron chi connectivity index (χ3n) is 8.78. The average molecular weight is 421 g/mol. The molecule has 0 aromatic carbocycles. The zero-order valence-corrected chi connectivity index (χ0v) is 22.0. The summed E-state index contributed by atoms with van der Waals surface area (Å²) in [4.78, 5) is 11.2. The van der Waals surface area contributed by atoms with Gasteiger partial charge in [-0.05, 0) is 101 Å². The molecular weight excluding hydrogens is 368 g/mol. The van der Waals surface area contributed by atoms with Crippen LogP contribution in [0.1, 0.15) is 101 Å². The van der Waals surface area contributed by atoms with E-state index in [1.165, 1.54) is 51.9 Å². The summed E-state index contributed by atoms with van der Waals surface area (Å²) in [7, 11) is 0. The molecule has 30 heavy (non-hydrogen) atoms. The predicted octanol–water partition coefficient (Wildman–Crippen LogP) is 5.03. The number of hydrogen-bond donors (Lipinski definition) is 0. The first-order valence-electron chi connectivity index (χ1n) is 12.8. The first-order valence-corrected chi connectivity index (χ1v) is 12.8. The van der Waals surface area contributed by atoms with Crippen molar-refractivity contribution in [3.05, 3.63) is 0 Å². The molecule has 0 radical (unpaired) electrons. The molecule has 0 aliphatic carbocycles. The second-order valence-electron chi connectivity index (χ2n) is 13.0. The van der Waals surface area contributed by atoms with Gasteiger partial charge < -0.3 is 0 Å². The summed E-state index contributed by atoms with van der Waals surface area (Å²) in [5, 5.41) is 0. The molecule has 0 atom stereocenters. The van der Waals surface area contributed by atoms with Gasteiger partial charge in [-0.15, -0.1) is 0 Å². The lowest BCUT2D eigenvalue weighted by molar-refractivity contribution is -0.103. The molecule has 3 heterocycles. The van der Waals surface area contributed by atoms with E-state index in [0.717, 1.165) is 13.1 Å². The van der Waals surface area contributed by atoms with Gasteiger partial charge in [0.1, 0.15) is 0 Å². The quantitative estimate of drug-likeness (QED) is 0.632. The minimum atomic E-state index is 0.278. The van der Waals surface area contributed by atoms with Gasteiger partial charge in [0.05, 0.1) is 6.67 Å². The molecule has 0 amide bonds. The third-order valence-corrected chi connectivity index (χ3v) is 8.78. The molecule has 3 fully saturated rings. The smallest absolute Gasteiger partial charge is 0.0511 e. The zero-order valence-electron chi connectivity index (χ0n) is 22.0. The Balaban J connectivity index is 1.73. The lowest BCUT2D eigenvalue weighted by atomic mass is 9.75. The molecule has 0 N–H and O–H groups in total. The Bertz CT molecular complexity index is 508. The van der Waals surface area contributed by atoms with Crippen LogP contribution in [0.25, 0.3) is 0 Å². The van der Waals surface area contributed by atoms with Crippen molar-refractivity contribution in [1.82, 2.24) is 19.6 Å². The van der Waals surface area contributed by atoms with E-state index in [2.05, 4.69) is 88.8 Å². The minimum Gasteiger partial charge on any atom is -0.293 e. The fourth-order valence-electron chi connectivity index (χ4n) is 8.21. The standard InChI is InChI=1S/C26H52N4/c1-11-29-23(3,4)16-21(17-24(29,5)6)27-14-13-15-28(20-27)22-18-25(7,8)30(12-2)26(9,10)19-22/h21-22H,11-20H2,1-10H3. The highest BCUT2D eigenvalue weighted by molar-refractivity contribution is 5.05. The van der Waals surface area contributed by atoms with Gasteiger partial charge in [0.2, 0.25) is 0 Å². The fourth-order valence-corrected chi connectivity index (χ4v) is 8.21. The molecule has 0 aromatic rings. The van der Waals surface area contributed by atoms with Crippen LogP contribution in [0.5, 0.6) is 0 Å². The molecule has 0 aromatic heterocycles. The van der Waals surface area contributed by atoms with E-state index >= 15 is 0 Å². The van der Waals surface area contributed by atoms with Crippen molar-refractivity contribution in [2.45, 2.75) is 136 Å². The maximum atomic E-state index is 2.85. The van der Waals surface area contributed by atoms with Crippen LogP contribution in [-0.4, -0.2) is 86.7 Å². The molecule has 0 saturated carbocycles. The van der Waals surface area contributed by atoms with Crippen LogP contribution in [0.4, 0.5) is 0 Å². The molecule has 0 unspecified atom stereocenters. The van der Waals surface area contributed by atoms with Crippen LogP contribution in [-0.2, 0) is 0 Å². The number of likely N-dealkylation sites (tertiary alicyclic amines) is 2. The van der Waals surface area contributed by atoms with Crippen LogP contribution >= 0.6 is 0 Å². The van der Waals surface area contributed by atoms with E-state index in [9.17, 15) is 0 Å². The monoisotopic (exact) mass is 420 g/mol. The Morgan fingerprint density at radius 3 is 1.13 bits per heavy atom.